The Morgan fingerprint density at radius 1 is 1.08 bits per heavy atom. The number of amides is 1. The van der Waals surface area contributed by atoms with E-state index in [2.05, 4.69) is 44.1 Å². The van der Waals surface area contributed by atoms with Crippen molar-refractivity contribution in [2.75, 3.05) is 46.4 Å². The molecule has 6 heteroatoms. The molecule has 1 aromatic carbocycles. The molecule has 1 saturated heterocycles. The molecule has 1 aliphatic heterocycles. The molecule has 0 unspecified atom stereocenters. The van der Waals surface area contributed by atoms with Gasteiger partial charge in [0.25, 0.3) is 0 Å². The van der Waals surface area contributed by atoms with Gasteiger partial charge < -0.3 is 10.1 Å². The summed E-state index contributed by atoms with van der Waals surface area (Å²) < 4.78 is 4.57. The second-order valence-corrected chi connectivity index (χ2v) is 6.07. The summed E-state index contributed by atoms with van der Waals surface area (Å²) in [5.74, 6) is -0.213. The number of ether oxygens (including phenoxy) is 1. The number of benzene rings is 1. The Labute approximate surface area is 143 Å². The van der Waals surface area contributed by atoms with E-state index >= 15 is 0 Å². The van der Waals surface area contributed by atoms with Crippen LogP contribution in [0.25, 0.3) is 0 Å². The third-order valence-electron chi connectivity index (χ3n) is 4.19. The van der Waals surface area contributed by atoms with Crippen molar-refractivity contribution in [1.82, 2.24) is 15.1 Å². The molecular weight excluding hydrogens is 306 g/mol. The van der Waals surface area contributed by atoms with Gasteiger partial charge in [0.05, 0.1) is 13.7 Å². The van der Waals surface area contributed by atoms with E-state index in [-0.39, 0.29) is 11.9 Å². The molecule has 0 bridgehead atoms. The third-order valence-corrected chi connectivity index (χ3v) is 4.19. The van der Waals surface area contributed by atoms with Crippen LogP contribution in [0.15, 0.2) is 30.3 Å². The fourth-order valence-electron chi connectivity index (χ4n) is 2.77. The monoisotopic (exact) mass is 333 g/mol. The maximum absolute atomic E-state index is 11.9. The van der Waals surface area contributed by atoms with Crippen molar-refractivity contribution in [3.8, 4) is 0 Å². The number of hydrogen-bond acceptors (Lipinski definition) is 5. The Balaban J connectivity index is 1.58. The maximum Gasteiger partial charge on any atom is 0.305 e. The lowest BCUT2D eigenvalue weighted by molar-refractivity contribution is -0.140. The van der Waals surface area contributed by atoms with Crippen LogP contribution in [-0.4, -0.2) is 68.1 Å². The molecule has 0 aromatic heterocycles. The van der Waals surface area contributed by atoms with E-state index < -0.39 is 0 Å². The second-order valence-electron chi connectivity index (χ2n) is 6.07. The van der Waals surface area contributed by atoms with E-state index in [1.165, 1.54) is 12.7 Å². The number of esters is 1. The zero-order valence-corrected chi connectivity index (χ0v) is 14.4. The molecule has 1 aliphatic rings. The fraction of sp³-hybridized carbons (Fsp3) is 0.556. The summed E-state index contributed by atoms with van der Waals surface area (Å²) >= 11 is 0. The molecule has 1 amide bonds. The first-order chi connectivity index (χ1) is 11.7. The van der Waals surface area contributed by atoms with Crippen molar-refractivity contribution in [1.29, 1.82) is 0 Å². The number of rotatable bonds is 8. The van der Waals surface area contributed by atoms with E-state index in [0.29, 0.717) is 25.9 Å². The number of piperazine rings is 1. The molecule has 1 N–H and O–H groups in total. The molecule has 1 aromatic rings. The van der Waals surface area contributed by atoms with E-state index in [9.17, 15) is 9.59 Å². The topological polar surface area (TPSA) is 61.9 Å². The largest absolute Gasteiger partial charge is 0.469 e. The Hall–Kier alpha value is -1.92. The first-order valence-corrected chi connectivity index (χ1v) is 8.49. The number of nitrogens with zero attached hydrogens (tertiary/aromatic N) is 2. The van der Waals surface area contributed by atoms with Gasteiger partial charge in [0.2, 0.25) is 5.91 Å². The fourth-order valence-corrected chi connectivity index (χ4v) is 2.77. The van der Waals surface area contributed by atoms with Gasteiger partial charge in [-0.2, -0.15) is 0 Å². The van der Waals surface area contributed by atoms with Crippen molar-refractivity contribution in [3.05, 3.63) is 35.9 Å². The maximum atomic E-state index is 11.9. The number of carbonyl (C=O) groups excluding carboxylic acids is 2. The van der Waals surface area contributed by atoms with Gasteiger partial charge in [-0.1, -0.05) is 30.3 Å². The van der Waals surface area contributed by atoms with E-state index in [1.54, 1.807) is 0 Å². The molecule has 1 heterocycles. The van der Waals surface area contributed by atoms with Crippen molar-refractivity contribution in [3.63, 3.8) is 0 Å². The van der Waals surface area contributed by atoms with E-state index in [4.69, 9.17) is 0 Å². The van der Waals surface area contributed by atoms with E-state index in [1.807, 2.05) is 6.07 Å². The van der Waals surface area contributed by atoms with Gasteiger partial charge in [-0.3, -0.25) is 19.4 Å². The minimum absolute atomic E-state index is 0.0244. The molecule has 1 fully saturated rings. The Morgan fingerprint density at radius 3 is 2.42 bits per heavy atom. The Bertz CT molecular complexity index is 514. The van der Waals surface area contributed by atoms with Crippen LogP contribution >= 0.6 is 0 Å². The lowest BCUT2D eigenvalue weighted by atomic mass is 10.2. The molecule has 0 saturated carbocycles. The molecule has 0 aliphatic carbocycles. The smallest absolute Gasteiger partial charge is 0.305 e. The quantitative estimate of drug-likeness (QED) is 0.565. The summed E-state index contributed by atoms with van der Waals surface area (Å²) in [5, 5.41) is 2.86. The zero-order valence-electron chi connectivity index (χ0n) is 14.4. The van der Waals surface area contributed by atoms with Gasteiger partial charge in [-0.05, 0) is 12.0 Å². The van der Waals surface area contributed by atoms with Crippen LogP contribution in [0.2, 0.25) is 0 Å². The molecule has 0 spiro atoms. The van der Waals surface area contributed by atoms with Crippen molar-refractivity contribution < 1.29 is 14.3 Å². The standard InChI is InChI=1S/C18H27N3O3/c1-24-18(23)8-5-9-19-17(22)15-21-12-10-20(11-13-21)14-16-6-3-2-4-7-16/h2-4,6-7H,5,8-15H2,1H3,(H,19,22). The van der Waals surface area contributed by atoms with Crippen molar-refractivity contribution >= 4 is 11.9 Å². The van der Waals surface area contributed by atoms with Crippen LogP contribution in [0.3, 0.4) is 0 Å². The van der Waals surface area contributed by atoms with Crippen LogP contribution in [0.5, 0.6) is 0 Å². The summed E-state index contributed by atoms with van der Waals surface area (Å²) in [7, 11) is 1.37. The molecule has 0 atom stereocenters. The van der Waals surface area contributed by atoms with E-state index in [0.717, 1.165) is 32.7 Å². The van der Waals surface area contributed by atoms with Crippen molar-refractivity contribution in [2.45, 2.75) is 19.4 Å². The summed E-state index contributed by atoms with van der Waals surface area (Å²) in [4.78, 5) is 27.5. The molecule has 2 rings (SSSR count). The highest BCUT2D eigenvalue weighted by atomic mass is 16.5. The molecule has 6 nitrogen and oxygen atoms in total. The minimum Gasteiger partial charge on any atom is -0.469 e. The Kier molecular flexibility index (Phi) is 7.71. The first-order valence-electron chi connectivity index (χ1n) is 8.49. The van der Waals surface area contributed by atoms with Crippen LogP contribution in [0.1, 0.15) is 18.4 Å². The zero-order chi connectivity index (χ0) is 17.2. The van der Waals surface area contributed by atoms with Crippen LogP contribution < -0.4 is 5.32 Å². The van der Waals surface area contributed by atoms with Crippen molar-refractivity contribution in [2.24, 2.45) is 0 Å². The number of hydrogen-bond donors (Lipinski definition) is 1. The highest BCUT2D eigenvalue weighted by molar-refractivity contribution is 5.78. The molecule has 132 valence electrons. The van der Waals surface area contributed by atoms with Gasteiger partial charge >= 0.3 is 5.97 Å². The summed E-state index contributed by atoms with van der Waals surface area (Å²) in [6.45, 7) is 5.67. The third kappa shape index (κ3) is 6.68. The molecule has 0 radical (unpaired) electrons. The van der Waals surface area contributed by atoms with Crippen LogP contribution in [0.4, 0.5) is 0 Å². The second kappa shape index (κ2) is 10.1. The van der Waals surface area contributed by atoms with Gasteiger partial charge in [0, 0.05) is 45.7 Å². The van der Waals surface area contributed by atoms with Gasteiger partial charge in [0.15, 0.2) is 0 Å². The van der Waals surface area contributed by atoms with Gasteiger partial charge in [-0.15, -0.1) is 0 Å². The van der Waals surface area contributed by atoms with Gasteiger partial charge in [0.1, 0.15) is 0 Å². The molecular formula is C18H27N3O3. The summed E-state index contributed by atoms with van der Waals surface area (Å²) in [6, 6.07) is 10.5. The normalized spacial score (nSPS) is 15.9. The lowest BCUT2D eigenvalue weighted by Gasteiger charge is -2.34. The predicted molar refractivity (Wildman–Crippen MR) is 92.4 cm³/mol. The number of carbonyl (C=O) groups is 2. The van der Waals surface area contributed by atoms with Crippen LogP contribution in [0, 0.1) is 0 Å². The summed E-state index contributed by atoms with van der Waals surface area (Å²) in [6.07, 6.45) is 0.957. The SMILES string of the molecule is COC(=O)CCCNC(=O)CN1CCN(Cc2ccccc2)CC1. The first kappa shape index (κ1) is 18.4. The highest BCUT2D eigenvalue weighted by Crippen LogP contribution is 2.08. The number of nitrogens with one attached hydrogen (secondary N) is 1. The highest BCUT2D eigenvalue weighted by Gasteiger charge is 2.18. The average Bonchev–Trinajstić information content (AvgIpc) is 2.61. The van der Waals surface area contributed by atoms with Crippen LogP contribution in [-0.2, 0) is 20.9 Å². The lowest BCUT2D eigenvalue weighted by Crippen LogP contribution is -2.49. The number of methoxy groups -OCH3 is 1. The molecule has 24 heavy (non-hydrogen) atoms. The minimum atomic E-state index is -0.237. The average molecular weight is 333 g/mol. The Morgan fingerprint density at radius 2 is 1.75 bits per heavy atom. The summed E-state index contributed by atoms with van der Waals surface area (Å²) in [5.41, 5.74) is 1.33. The van der Waals surface area contributed by atoms with Gasteiger partial charge in [-0.25, -0.2) is 0 Å². The predicted octanol–water partition coefficient (Wildman–Crippen LogP) is 0.874.